The number of fused-ring (bicyclic) bond motifs is 6. The van der Waals surface area contributed by atoms with Crippen LogP contribution in [0.5, 0.6) is 0 Å². The summed E-state index contributed by atoms with van der Waals surface area (Å²) in [5.74, 6) is 5.47. The van der Waals surface area contributed by atoms with Crippen molar-refractivity contribution in [2.24, 2.45) is 23.7 Å². The predicted molar refractivity (Wildman–Crippen MR) is 197 cm³/mol. The van der Waals surface area contributed by atoms with Gasteiger partial charge in [-0.3, -0.25) is 0 Å². The van der Waals surface area contributed by atoms with E-state index in [4.69, 9.17) is 15.0 Å². The quantitative estimate of drug-likeness (QED) is 0.195. The largest absolute Gasteiger partial charge is 0.208 e. The number of hydrogen-bond acceptors (Lipinski definition) is 3. The van der Waals surface area contributed by atoms with E-state index in [1.54, 1.807) is 5.56 Å². The van der Waals surface area contributed by atoms with E-state index in [0.717, 1.165) is 46.0 Å². The van der Waals surface area contributed by atoms with Gasteiger partial charge in [0, 0.05) is 27.5 Å². The Kier molecular flexibility index (Phi) is 5.63. The Balaban J connectivity index is 1.17. The molecule has 3 heteroatoms. The molecule has 12 rings (SSSR count). The highest BCUT2D eigenvalue weighted by Crippen LogP contribution is 2.70. The molecule has 4 bridgehead atoms. The molecule has 1 aromatic heterocycles. The average molecular weight is 634 g/mol. The molecule has 4 saturated carbocycles. The van der Waals surface area contributed by atoms with Gasteiger partial charge in [-0.25, -0.2) is 15.0 Å². The van der Waals surface area contributed by atoms with Crippen molar-refractivity contribution in [3.05, 3.63) is 138 Å². The van der Waals surface area contributed by atoms with E-state index in [1.807, 2.05) is 0 Å². The zero-order valence-electron chi connectivity index (χ0n) is 28.2. The molecule has 0 aliphatic heterocycles. The Hall–Kier alpha value is -4.89. The van der Waals surface area contributed by atoms with Crippen LogP contribution >= 0.6 is 0 Å². The number of benzene rings is 5. The van der Waals surface area contributed by atoms with E-state index in [1.165, 1.54) is 71.0 Å². The summed E-state index contributed by atoms with van der Waals surface area (Å²) in [7, 11) is 0. The van der Waals surface area contributed by atoms with Gasteiger partial charge in [0.25, 0.3) is 0 Å². The van der Waals surface area contributed by atoms with Gasteiger partial charge in [-0.1, -0.05) is 129 Å². The molecule has 238 valence electrons. The molecule has 0 unspecified atom stereocenters. The van der Waals surface area contributed by atoms with E-state index in [-0.39, 0.29) is 10.8 Å². The lowest BCUT2D eigenvalue weighted by Gasteiger charge is -2.61. The fourth-order valence-corrected chi connectivity index (χ4v) is 11.7. The van der Waals surface area contributed by atoms with E-state index < -0.39 is 0 Å². The van der Waals surface area contributed by atoms with Crippen LogP contribution in [0.1, 0.15) is 68.2 Å². The maximum Gasteiger partial charge on any atom is 0.164 e. The first kappa shape index (κ1) is 28.0. The van der Waals surface area contributed by atoms with Gasteiger partial charge in [0.15, 0.2) is 17.5 Å². The lowest BCUT2D eigenvalue weighted by atomic mass is 9.43. The zero-order chi connectivity index (χ0) is 32.5. The average Bonchev–Trinajstić information content (AvgIpc) is 3.57. The normalized spacial score (nSPS) is 26.0. The molecule has 3 nitrogen and oxygen atoms in total. The van der Waals surface area contributed by atoms with Crippen LogP contribution in [0.4, 0.5) is 0 Å². The third-order valence-electron chi connectivity index (χ3n) is 13.3. The van der Waals surface area contributed by atoms with Gasteiger partial charge in [0.1, 0.15) is 0 Å². The summed E-state index contributed by atoms with van der Waals surface area (Å²) in [6.45, 7) is 4.67. The SMILES string of the molecule is CC1(C)c2ccccc2-c2c(-c3nc(-c4ccccc4)nc(-c4cccc5c4-c4ccccc4C54C5CC6CC(C5)CC4C6)n3)cccc21. The Bertz CT molecular complexity index is 2310. The lowest BCUT2D eigenvalue weighted by Crippen LogP contribution is -2.55. The van der Waals surface area contributed by atoms with Gasteiger partial charge < -0.3 is 0 Å². The number of nitrogens with zero attached hydrogens (tertiary/aromatic N) is 3. The first-order valence-corrected chi connectivity index (χ1v) is 18.3. The number of hydrogen-bond donors (Lipinski definition) is 0. The van der Waals surface area contributed by atoms with Crippen molar-refractivity contribution in [2.75, 3.05) is 0 Å². The second-order valence-corrected chi connectivity index (χ2v) is 16.0. The highest BCUT2D eigenvalue weighted by molar-refractivity contribution is 5.94. The van der Waals surface area contributed by atoms with Crippen LogP contribution in [0.3, 0.4) is 0 Å². The van der Waals surface area contributed by atoms with E-state index in [0.29, 0.717) is 11.8 Å². The van der Waals surface area contributed by atoms with Crippen LogP contribution in [0.25, 0.3) is 56.4 Å². The molecule has 4 fully saturated rings. The molecule has 0 radical (unpaired) electrons. The Morgan fingerprint density at radius 2 is 0.898 bits per heavy atom. The van der Waals surface area contributed by atoms with Crippen LogP contribution in [0, 0.1) is 23.7 Å². The molecule has 0 atom stereocenters. The van der Waals surface area contributed by atoms with Crippen LogP contribution in [0.15, 0.2) is 115 Å². The van der Waals surface area contributed by atoms with Gasteiger partial charge in [0.2, 0.25) is 0 Å². The van der Waals surface area contributed by atoms with Crippen LogP contribution in [-0.2, 0) is 10.8 Å². The minimum absolute atomic E-state index is 0.100. The zero-order valence-corrected chi connectivity index (χ0v) is 28.2. The van der Waals surface area contributed by atoms with Crippen LogP contribution in [0.2, 0.25) is 0 Å². The highest BCUT2D eigenvalue weighted by atomic mass is 15.0. The molecular formula is C46H39N3. The van der Waals surface area contributed by atoms with Crippen molar-refractivity contribution in [3.63, 3.8) is 0 Å². The molecule has 6 aliphatic rings. The van der Waals surface area contributed by atoms with Crippen molar-refractivity contribution in [2.45, 2.75) is 56.8 Å². The summed E-state index contributed by atoms with van der Waals surface area (Å²) >= 11 is 0. The smallest absolute Gasteiger partial charge is 0.164 e. The second-order valence-electron chi connectivity index (χ2n) is 16.0. The summed E-state index contributed by atoms with van der Waals surface area (Å²) in [6.07, 6.45) is 6.94. The summed E-state index contributed by atoms with van der Waals surface area (Å²) in [4.78, 5) is 16.0. The second kappa shape index (κ2) is 9.85. The maximum atomic E-state index is 5.45. The number of rotatable bonds is 3. The minimum Gasteiger partial charge on any atom is -0.208 e. The fourth-order valence-electron chi connectivity index (χ4n) is 11.7. The molecule has 1 heterocycles. The molecule has 0 N–H and O–H groups in total. The summed E-state index contributed by atoms with van der Waals surface area (Å²) < 4.78 is 0. The van der Waals surface area contributed by atoms with Crippen molar-refractivity contribution in [1.82, 2.24) is 15.0 Å². The number of aromatic nitrogens is 3. The van der Waals surface area contributed by atoms with E-state index in [2.05, 4.69) is 129 Å². The molecule has 5 aromatic carbocycles. The molecule has 6 aliphatic carbocycles. The van der Waals surface area contributed by atoms with Gasteiger partial charge in [-0.2, -0.15) is 0 Å². The summed E-state index contributed by atoms with van der Waals surface area (Å²) in [5.41, 5.74) is 14.2. The minimum atomic E-state index is -0.100. The topological polar surface area (TPSA) is 38.7 Å². The van der Waals surface area contributed by atoms with E-state index in [9.17, 15) is 0 Å². The predicted octanol–water partition coefficient (Wildman–Crippen LogP) is 10.9. The summed E-state index contributed by atoms with van der Waals surface area (Å²) in [5, 5.41) is 0. The van der Waals surface area contributed by atoms with Crippen molar-refractivity contribution in [3.8, 4) is 56.4 Å². The van der Waals surface area contributed by atoms with Crippen molar-refractivity contribution in [1.29, 1.82) is 0 Å². The molecule has 0 saturated heterocycles. The fraction of sp³-hybridized carbons (Fsp3) is 0.283. The van der Waals surface area contributed by atoms with Crippen LogP contribution in [-0.4, -0.2) is 15.0 Å². The van der Waals surface area contributed by atoms with Crippen molar-refractivity contribution < 1.29 is 0 Å². The van der Waals surface area contributed by atoms with Crippen molar-refractivity contribution >= 4 is 0 Å². The third-order valence-corrected chi connectivity index (χ3v) is 13.3. The molecule has 1 spiro atoms. The third kappa shape index (κ3) is 3.66. The Labute approximate surface area is 288 Å². The molecule has 6 aromatic rings. The maximum absolute atomic E-state index is 5.45. The summed E-state index contributed by atoms with van der Waals surface area (Å²) in [6, 6.07) is 42.3. The lowest BCUT2D eigenvalue weighted by molar-refractivity contribution is -0.0399. The molecular weight excluding hydrogens is 595 g/mol. The van der Waals surface area contributed by atoms with Gasteiger partial charge in [-0.15, -0.1) is 0 Å². The molecule has 0 amide bonds. The van der Waals surface area contributed by atoms with Gasteiger partial charge in [-0.05, 0) is 100 Å². The first-order chi connectivity index (χ1) is 24.0. The monoisotopic (exact) mass is 633 g/mol. The standard InChI is InChI=1S/C46H39N3/c1-45(2)36-18-8-6-14-32(36)40-34(16-10-20-38(40)45)43-47-42(29-12-4-3-5-13-29)48-44(49-43)35-17-11-21-39-41(35)33-15-7-9-19-37(33)46(39)30-23-27-22-28(25-30)26-31(46)24-27/h3-21,27-28,30-31H,22-26H2,1-2H3. The van der Waals surface area contributed by atoms with E-state index >= 15 is 0 Å². The van der Waals surface area contributed by atoms with Crippen LogP contribution < -0.4 is 0 Å². The molecule has 49 heavy (non-hydrogen) atoms. The van der Waals surface area contributed by atoms with Gasteiger partial charge >= 0.3 is 0 Å². The Morgan fingerprint density at radius 1 is 0.429 bits per heavy atom. The highest BCUT2D eigenvalue weighted by Gasteiger charge is 2.61. The Morgan fingerprint density at radius 3 is 1.55 bits per heavy atom. The first-order valence-electron chi connectivity index (χ1n) is 18.3. The van der Waals surface area contributed by atoms with Gasteiger partial charge in [0.05, 0.1) is 0 Å².